The van der Waals surface area contributed by atoms with Crippen LogP contribution in [0.4, 0.5) is 0 Å². The monoisotopic (exact) mass is 355 g/mol. The van der Waals surface area contributed by atoms with Crippen LogP contribution in [0.15, 0.2) is 60.7 Å². The van der Waals surface area contributed by atoms with Gasteiger partial charge in [0.2, 0.25) is 0 Å². The first-order chi connectivity index (χ1) is 12.1. The second kappa shape index (κ2) is 8.32. The van der Waals surface area contributed by atoms with Gasteiger partial charge in [0, 0.05) is 23.7 Å². The number of quaternary nitrogens is 1. The summed E-state index contributed by atoms with van der Waals surface area (Å²) in [4.78, 5) is 14.4. The fourth-order valence-corrected chi connectivity index (χ4v) is 3.34. The summed E-state index contributed by atoms with van der Waals surface area (Å²) in [6, 6.07) is 18.4. The summed E-state index contributed by atoms with van der Waals surface area (Å²) in [6.45, 7) is 4.05. The molecule has 0 aliphatic carbocycles. The molecule has 0 spiro atoms. The van der Waals surface area contributed by atoms with Crippen LogP contribution < -0.4 is 5.32 Å². The molecule has 2 aromatic carbocycles. The molecule has 0 aromatic heterocycles. The molecule has 3 rings (SSSR count). The first kappa shape index (κ1) is 17.7. The summed E-state index contributed by atoms with van der Waals surface area (Å²) in [7, 11) is 0. The highest BCUT2D eigenvalue weighted by Gasteiger charge is 2.20. The summed E-state index contributed by atoms with van der Waals surface area (Å²) >= 11 is 6.04. The van der Waals surface area contributed by atoms with Crippen LogP contribution in [0, 0.1) is 0 Å². The van der Waals surface area contributed by atoms with Gasteiger partial charge in [-0.25, -0.2) is 0 Å². The van der Waals surface area contributed by atoms with Crippen molar-refractivity contribution in [2.75, 3.05) is 19.6 Å². The summed E-state index contributed by atoms with van der Waals surface area (Å²) in [6.07, 6.45) is 3.09. The number of benzene rings is 2. The van der Waals surface area contributed by atoms with E-state index in [2.05, 4.69) is 42.6 Å². The molecule has 0 radical (unpaired) electrons. The third-order valence-corrected chi connectivity index (χ3v) is 4.96. The van der Waals surface area contributed by atoms with E-state index in [0.29, 0.717) is 13.1 Å². The quantitative estimate of drug-likeness (QED) is 0.878. The molecule has 0 saturated heterocycles. The summed E-state index contributed by atoms with van der Waals surface area (Å²) in [5, 5.41) is 2.81. The van der Waals surface area contributed by atoms with Gasteiger partial charge in [0.05, 0.1) is 0 Å². The van der Waals surface area contributed by atoms with Gasteiger partial charge in [-0.05, 0) is 36.6 Å². The van der Waals surface area contributed by atoms with E-state index in [9.17, 15) is 4.79 Å². The van der Waals surface area contributed by atoms with Crippen molar-refractivity contribution in [1.82, 2.24) is 4.90 Å². The predicted molar refractivity (Wildman–Crippen MR) is 102 cm³/mol. The minimum absolute atomic E-state index is 0.192. The Labute approximate surface area is 154 Å². The van der Waals surface area contributed by atoms with Gasteiger partial charge in [-0.1, -0.05) is 60.1 Å². The lowest BCUT2D eigenvalue weighted by molar-refractivity contribution is -0.683. The Bertz CT molecular complexity index is 758. The number of halogens is 1. The number of amides is 1. The van der Waals surface area contributed by atoms with Crippen LogP contribution in [0.2, 0.25) is 5.02 Å². The first-order valence-electron chi connectivity index (χ1n) is 8.74. The van der Waals surface area contributed by atoms with Crippen LogP contribution in [-0.4, -0.2) is 30.4 Å². The van der Waals surface area contributed by atoms with Crippen molar-refractivity contribution in [3.05, 3.63) is 76.8 Å². The minimum Gasteiger partial charge on any atom is -0.334 e. The van der Waals surface area contributed by atoms with Gasteiger partial charge in [0.1, 0.15) is 6.04 Å². The largest absolute Gasteiger partial charge is 0.334 e. The molecule has 0 bridgehead atoms. The Hall–Kier alpha value is -2.10. The number of rotatable bonds is 5. The third-order valence-electron chi connectivity index (χ3n) is 4.73. The molecule has 4 heteroatoms. The van der Waals surface area contributed by atoms with E-state index in [1.165, 1.54) is 11.1 Å². The Morgan fingerprint density at radius 1 is 1.20 bits per heavy atom. The van der Waals surface area contributed by atoms with Gasteiger partial charge in [0.15, 0.2) is 6.54 Å². The molecule has 2 N–H and O–H groups in total. The van der Waals surface area contributed by atoms with E-state index in [4.69, 9.17) is 11.6 Å². The number of hydrogen-bond donors (Lipinski definition) is 1. The molecular formula is C21H24ClN2O+. The van der Waals surface area contributed by atoms with Crippen LogP contribution in [0.1, 0.15) is 30.5 Å². The highest BCUT2D eigenvalue weighted by molar-refractivity contribution is 6.30. The lowest BCUT2D eigenvalue weighted by Crippen LogP contribution is -2.87. The number of carbonyl (C=O) groups is 1. The van der Waals surface area contributed by atoms with Crippen molar-refractivity contribution in [3.8, 4) is 0 Å². The highest BCUT2D eigenvalue weighted by atomic mass is 35.5. The zero-order chi connectivity index (χ0) is 17.6. The normalized spacial score (nSPS) is 15.6. The Morgan fingerprint density at radius 3 is 2.68 bits per heavy atom. The minimum atomic E-state index is 0.192. The van der Waals surface area contributed by atoms with E-state index in [-0.39, 0.29) is 11.9 Å². The maximum atomic E-state index is 12.5. The zero-order valence-corrected chi connectivity index (χ0v) is 15.2. The number of nitrogens with zero attached hydrogens (tertiary/aromatic N) is 1. The predicted octanol–water partition coefficient (Wildman–Crippen LogP) is 3.28. The van der Waals surface area contributed by atoms with Gasteiger partial charge in [0.25, 0.3) is 5.91 Å². The van der Waals surface area contributed by atoms with Crippen molar-refractivity contribution < 1.29 is 10.1 Å². The fourth-order valence-electron chi connectivity index (χ4n) is 3.14. The second-order valence-electron chi connectivity index (χ2n) is 6.47. The molecule has 2 aromatic rings. The molecule has 1 aliphatic heterocycles. The van der Waals surface area contributed by atoms with Crippen molar-refractivity contribution in [1.29, 1.82) is 0 Å². The van der Waals surface area contributed by atoms with Crippen LogP contribution in [0.3, 0.4) is 0 Å². The van der Waals surface area contributed by atoms with Gasteiger partial charge < -0.3 is 10.2 Å². The number of carbonyl (C=O) groups excluding carboxylic acids is 1. The SMILES string of the molecule is C[C@H]([NH2+]CC(=O)N1CC=C(c2ccccc2)CC1)c1cccc(Cl)c1. The number of nitrogens with two attached hydrogens (primary N) is 1. The van der Waals surface area contributed by atoms with Gasteiger partial charge in [-0.2, -0.15) is 0 Å². The molecule has 1 atom stereocenters. The molecule has 0 saturated carbocycles. The summed E-state index contributed by atoms with van der Waals surface area (Å²) in [5.74, 6) is 0.192. The van der Waals surface area contributed by atoms with E-state index in [0.717, 1.165) is 23.6 Å². The lowest BCUT2D eigenvalue weighted by Gasteiger charge is -2.26. The summed E-state index contributed by atoms with van der Waals surface area (Å²) in [5.41, 5.74) is 3.74. The maximum Gasteiger partial charge on any atom is 0.277 e. The van der Waals surface area contributed by atoms with Crippen molar-refractivity contribution >= 4 is 23.1 Å². The van der Waals surface area contributed by atoms with Crippen molar-refractivity contribution in [3.63, 3.8) is 0 Å². The Kier molecular flexibility index (Phi) is 5.90. The topological polar surface area (TPSA) is 36.9 Å². The third kappa shape index (κ3) is 4.71. The van der Waals surface area contributed by atoms with E-state index in [1.807, 2.05) is 35.2 Å². The highest BCUT2D eigenvalue weighted by Crippen LogP contribution is 2.21. The molecule has 1 aliphatic rings. The van der Waals surface area contributed by atoms with E-state index >= 15 is 0 Å². The zero-order valence-electron chi connectivity index (χ0n) is 14.5. The Morgan fingerprint density at radius 2 is 2.00 bits per heavy atom. The van der Waals surface area contributed by atoms with E-state index < -0.39 is 0 Å². The van der Waals surface area contributed by atoms with Crippen LogP contribution >= 0.6 is 11.6 Å². The molecule has 130 valence electrons. The summed E-state index contributed by atoms with van der Waals surface area (Å²) < 4.78 is 0. The molecule has 1 heterocycles. The molecule has 0 fully saturated rings. The second-order valence-corrected chi connectivity index (χ2v) is 6.91. The van der Waals surface area contributed by atoms with Gasteiger partial charge in [-0.3, -0.25) is 4.79 Å². The number of hydrogen-bond acceptors (Lipinski definition) is 1. The van der Waals surface area contributed by atoms with Crippen molar-refractivity contribution in [2.45, 2.75) is 19.4 Å². The average molecular weight is 356 g/mol. The maximum absolute atomic E-state index is 12.5. The van der Waals surface area contributed by atoms with Crippen molar-refractivity contribution in [2.24, 2.45) is 0 Å². The first-order valence-corrected chi connectivity index (χ1v) is 9.12. The lowest BCUT2D eigenvalue weighted by atomic mass is 9.99. The van der Waals surface area contributed by atoms with Crippen LogP contribution in [0.25, 0.3) is 5.57 Å². The van der Waals surface area contributed by atoms with Gasteiger partial charge >= 0.3 is 0 Å². The molecule has 3 nitrogen and oxygen atoms in total. The van der Waals surface area contributed by atoms with E-state index in [1.54, 1.807) is 0 Å². The molecule has 25 heavy (non-hydrogen) atoms. The molecule has 0 unspecified atom stereocenters. The molecule has 1 amide bonds. The van der Waals surface area contributed by atoms with Crippen LogP contribution in [0.5, 0.6) is 0 Å². The Balaban J connectivity index is 1.52. The standard InChI is InChI=1S/C21H23ClN2O/c1-16(19-8-5-9-20(22)14-19)23-15-21(25)24-12-10-18(11-13-24)17-6-3-2-4-7-17/h2-10,14,16,23H,11-13,15H2,1H3/p+1/t16-/m0/s1. The fraction of sp³-hybridized carbons (Fsp3) is 0.286. The van der Waals surface area contributed by atoms with Gasteiger partial charge in [-0.15, -0.1) is 0 Å². The van der Waals surface area contributed by atoms with Crippen LogP contribution in [-0.2, 0) is 4.79 Å². The smallest absolute Gasteiger partial charge is 0.277 e. The molecular weight excluding hydrogens is 332 g/mol. The average Bonchev–Trinajstić information content (AvgIpc) is 2.66.